The summed E-state index contributed by atoms with van der Waals surface area (Å²) in [5, 5.41) is 13.3. The maximum atomic E-state index is 13.2. The van der Waals surface area contributed by atoms with Crippen LogP contribution in [0.2, 0.25) is 0 Å². The van der Waals surface area contributed by atoms with Gasteiger partial charge < -0.3 is 15.7 Å². The molecular formula is C21H26FN5O3. The third-order valence-electron chi connectivity index (χ3n) is 5.59. The first kappa shape index (κ1) is 21.6. The number of amides is 1. The highest BCUT2D eigenvalue weighted by Crippen LogP contribution is 2.38. The first-order chi connectivity index (χ1) is 14.6. The molecule has 0 spiro atoms. The van der Waals surface area contributed by atoms with Gasteiger partial charge in [0, 0.05) is 31.5 Å². The lowest BCUT2D eigenvalue weighted by Gasteiger charge is -2.40. The van der Waals surface area contributed by atoms with Gasteiger partial charge >= 0.3 is 0 Å². The molecule has 0 bridgehead atoms. The summed E-state index contributed by atoms with van der Waals surface area (Å²) in [6.07, 6.45) is 7.18. The van der Waals surface area contributed by atoms with Crippen molar-refractivity contribution in [2.75, 3.05) is 18.4 Å². The molecule has 1 aromatic heterocycles. The van der Waals surface area contributed by atoms with E-state index in [1.807, 2.05) is 0 Å². The molecule has 1 aromatic carbocycles. The fourth-order valence-electron chi connectivity index (χ4n) is 4.28. The molecule has 0 unspecified atom stereocenters. The molecule has 0 radical (unpaired) electrons. The smallest absolute Gasteiger partial charge is 0.290 e. The molecule has 3 N–H and O–H groups in total. The molecule has 2 aliphatic rings. The number of benzene rings is 1. The number of piperidine rings is 1. The molecule has 2 atom stereocenters. The van der Waals surface area contributed by atoms with Crippen molar-refractivity contribution in [1.82, 2.24) is 20.2 Å². The number of hydrogen-bond donors (Lipinski definition) is 3. The molecule has 2 fully saturated rings. The zero-order valence-corrected chi connectivity index (χ0v) is 16.6. The zero-order valence-electron chi connectivity index (χ0n) is 16.6. The zero-order chi connectivity index (χ0) is 21.4. The van der Waals surface area contributed by atoms with Gasteiger partial charge in [-0.3, -0.25) is 14.5 Å². The summed E-state index contributed by atoms with van der Waals surface area (Å²) in [5.74, 6) is 0.393. The van der Waals surface area contributed by atoms with Crippen LogP contribution in [0, 0.1) is 5.82 Å². The summed E-state index contributed by atoms with van der Waals surface area (Å²) in [7, 11) is 0. The topological polar surface area (TPSA) is 107 Å². The number of fused-ring (bicyclic) bond motifs is 1. The van der Waals surface area contributed by atoms with Crippen molar-refractivity contribution in [2.45, 2.75) is 43.8 Å². The Morgan fingerprint density at radius 1 is 1.27 bits per heavy atom. The first-order valence-electron chi connectivity index (χ1n) is 9.96. The molecule has 2 aromatic rings. The second-order valence-corrected chi connectivity index (χ2v) is 7.47. The standard InChI is InChI=1S/C20H24FN5O.CH2O2/c21-16-6-4-15(5-7-16)13-24-18(27)20-8-1-2-11-26(20)14-17(12-20)25-19-22-9-3-10-23-19;2-1-3/h3-7,9-10,17H,1-2,8,11-14H2,(H,24,27)(H,22,23,25);1H,(H,2,3)/t17-,20-;/m0./s1. The lowest BCUT2D eigenvalue weighted by atomic mass is 9.84. The average molecular weight is 415 g/mol. The maximum Gasteiger partial charge on any atom is 0.290 e. The fraction of sp³-hybridized carbons (Fsp3) is 0.429. The Morgan fingerprint density at radius 2 is 1.97 bits per heavy atom. The number of anilines is 1. The molecule has 2 aliphatic heterocycles. The second kappa shape index (κ2) is 10.1. The Kier molecular flexibility index (Phi) is 7.29. The van der Waals surface area contributed by atoms with Gasteiger partial charge in [0.05, 0.1) is 0 Å². The molecule has 160 valence electrons. The van der Waals surface area contributed by atoms with Crippen LogP contribution < -0.4 is 10.6 Å². The van der Waals surface area contributed by atoms with E-state index in [0.29, 0.717) is 12.5 Å². The minimum Gasteiger partial charge on any atom is -0.483 e. The van der Waals surface area contributed by atoms with Gasteiger partial charge in [0.15, 0.2) is 0 Å². The van der Waals surface area contributed by atoms with E-state index in [1.54, 1.807) is 30.6 Å². The van der Waals surface area contributed by atoms with E-state index in [2.05, 4.69) is 25.5 Å². The van der Waals surface area contributed by atoms with Crippen LogP contribution in [0.15, 0.2) is 42.7 Å². The van der Waals surface area contributed by atoms with Crippen molar-refractivity contribution in [3.05, 3.63) is 54.1 Å². The van der Waals surface area contributed by atoms with Crippen molar-refractivity contribution in [1.29, 1.82) is 0 Å². The van der Waals surface area contributed by atoms with Crippen LogP contribution in [-0.4, -0.2) is 57.0 Å². The summed E-state index contributed by atoms with van der Waals surface area (Å²) >= 11 is 0. The van der Waals surface area contributed by atoms with Gasteiger partial charge in [-0.15, -0.1) is 0 Å². The normalized spacial score (nSPS) is 22.9. The quantitative estimate of drug-likeness (QED) is 0.642. The van der Waals surface area contributed by atoms with Gasteiger partial charge in [0.2, 0.25) is 11.9 Å². The summed E-state index contributed by atoms with van der Waals surface area (Å²) in [4.78, 5) is 32.3. The van der Waals surface area contributed by atoms with Crippen LogP contribution in [0.25, 0.3) is 0 Å². The molecule has 3 heterocycles. The van der Waals surface area contributed by atoms with E-state index in [1.165, 1.54) is 12.1 Å². The van der Waals surface area contributed by atoms with E-state index in [-0.39, 0.29) is 24.2 Å². The van der Waals surface area contributed by atoms with Gasteiger partial charge in [-0.2, -0.15) is 0 Å². The number of halogens is 1. The lowest BCUT2D eigenvalue weighted by Crippen LogP contribution is -2.57. The van der Waals surface area contributed by atoms with Crippen LogP contribution in [0.5, 0.6) is 0 Å². The highest BCUT2D eigenvalue weighted by atomic mass is 19.1. The molecule has 30 heavy (non-hydrogen) atoms. The van der Waals surface area contributed by atoms with Crippen molar-refractivity contribution in [2.24, 2.45) is 0 Å². The van der Waals surface area contributed by atoms with Crippen LogP contribution >= 0.6 is 0 Å². The van der Waals surface area contributed by atoms with Crippen LogP contribution in [0.1, 0.15) is 31.2 Å². The van der Waals surface area contributed by atoms with E-state index >= 15 is 0 Å². The van der Waals surface area contributed by atoms with E-state index < -0.39 is 5.54 Å². The highest BCUT2D eigenvalue weighted by molar-refractivity contribution is 5.87. The predicted octanol–water partition coefficient (Wildman–Crippen LogP) is 2.04. The third-order valence-corrected chi connectivity index (χ3v) is 5.59. The third kappa shape index (κ3) is 5.10. The van der Waals surface area contributed by atoms with E-state index in [4.69, 9.17) is 9.90 Å². The Balaban J connectivity index is 0.000000806. The van der Waals surface area contributed by atoms with Gasteiger partial charge in [0.25, 0.3) is 6.47 Å². The van der Waals surface area contributed by atoms with E-state index in [9.17, 15) is 9.18 Å². The lowest BCUT2D eigenvalue weighted by molar-refractivity contribution is -0.134. The van der Waals surface area contributed by atoms with Gasteiger partial charge in [-0.25, -0.2) is 14.4 Å². The van der Waals surface area contributed by atoms with Crippen LogP contribution in [-0.2, 0) is 16.1 Å². The van der Waals surface area contributed by atoms with Crippen molar-refractivity contribution < 1.29 is 19.1 Å². The Labute approximate surface area is 174 Å². The summed E-state index contributed by atoms with van der Waals surface area (Å²) in [6, 6.07) is 8.18. The van der Waals surface area contributed by atoms with Gasteiger partial charge in [0.1, 0.15) is 11.4 Å². The number of rotatable bonds is 5. The number of nitrogens with zero attached hydrogens (tertiary/aromatic N) is 3. The Bertz CT molecular complexity index is 836. The number of carboxylic acid groups (broad SMARTS) is 1. The highest BCUT2D eigenvalue weighted by Gasteiger charge is 2.51. The molecule has 8 nitrogen and oxygen atoms in total. The number of hydrogen-bond acceptors (Lipinski definition) is 6. The molecular weight excluding hydrogens is 389 g/mol. The average Bonchev–Trinajstić information content (AvgIpc) is 3.13. The maximum absolute atomic E-state index is 13.2. The summed E-state index contributed by atoms with van der Waals surface area (Å²) < 4.78 is 13.1. The second-order valence-electron chi connectivity index (χ2n) is 7.47. The SMILES string of the molecule is O=C(NCc1ccc(F)cc1)[C@@]12CCCCN1C[C@@H](Nc1ncccn1)C2.O=CO. The van der Waals surface area contributed by atoms with Gasteiger partial charge in [-0.1, -0.05) is 12.1 Å². The van der Waals surface area contributed by atoms with Crippen molar-refractivity contribution >= 4 is 18.3 Å². The van der Waals surface area contributed by atoms with E-state index in [0.717, 1.165) is 44.3 Å². The number of carbonyl (C=O) groups is 2. The van der Waals surface area contributed by atoms with Gasteiger partial charge in [-0.05, 0) is 56.0 Å². The Hall–Kier alpha value is -3.07. The number of aromatic nitrogens is 2. The fourth-order valence-corrected chi connectivity index (χ4v) is 4.28. The molecule has 1 amide bonds. The molecule has 4 rings (SSSR count). The molecule has 0 saturated carbocycles. The largest absolute Gasteiger partial charge is 0.483 e. The van der Waals surface area contributed by atoms with Crippen LogP contribution in [0.4, 0.5) is 10.3 Å². The Morgan fingerprint density at radius 3 is 2.67 bits per heavy atom. The number of nitrogens with one attached hydrogen (secondary N) is 2. The predicted molar refractivity (Wildman–Crippen MR) is 109 cm³/mol. The van der Waals surface area contributed by atoms with Crippen LogP contribution in [0.3, 0.4) is 0 Å². The van der Waals surface area contributed by atoms with Crippen molar-refractivity contribution in [3.8, 4) is 0 Å². The first-order valence-corrected chi connectivity index (χ1v) is 9.96. The minimum absolute atomic E-state index is 0.0600. The molecule has 2 saturated heterocycles. The molecule has 0 aliphatic carbocycles. The summed E-state index contributed by atoms with van der Waals surface area (Å²) in [6.45, 7) is 1.90. The minimum atomic E-state index is -0.481. The number of carbonyl (C=O) groups excluding carboxylic acids is 1. The van der Waals surface area contributed by atoms with Crippen molar-refractivity contribution in [3.63, 3.8) is 0 Å². The monoisotopic (exact) mass is 415 g/mol. The summed E-state index contributed by atoms with van der Waals surface area (Å²) in [5.41, 5.74) is 0.416. The molecule has 9 heteroatoms.